The topological polar surface area (TPSA) is 76.6 Å². The second-order valence-corrected chi connectivity index (χ2v) is 8.39. The molecule has 0 saturated carbocycles. The van der Waals surface area contributed by atoms with Crippen LogP contribution in [0, 0.1) is 0 Å². The Hall–Kier alpha value is -3.87. The van der Waals surface area contributed by atoms with Crippen LogP contribution in [-0.2, 0) is 11.3 Å². The zero-order valence-corrected chi connectivity index (χ0v) is 19.2. The van der Waals surface area contributed by atoms with Crippen molar-refractivity contribution in [2.24, 2.45) is 5.10 Å². The van der Waals surface area contributed by atoms with Gasteiger partial charge in [-0.3, -0.25) is 9.59 Å². The monoisotopic (exact) mass is 489 g/mol. The average Bonchev–Trinajstić information content (AvgIpc) is 3.32. The third kappa shape index (κ3) is 4.21. The van der Waals surface area contributed by atoms with Crippen LogP contribution in [-0.4, -0.2) is 16.7 Å². The average molecular weight is 490 g/mol. The zero-order chi connectivity index (χ0) is 23.7. The minimum absolute atomic E-state index is 0.00861. The van der Waals surface area contributed by atoms with Gasteiger partial charge in [-0.2, -0.15) is 5.10 Å². The van der Waals surface area contributed by atoms with E-state index in [1.807, 2.05) is 41.0 Å². The molecule has 0 bridgehead atoms. The number of halogens is 2. The summed E-state index contributed by atoms with van der Waals surface area (Å²) in [6.45, 7) is -0.00861. The maximum Gasteiger partial charge on any atom is 0.260 e. The normalized spacial score (nSPS) is 11.5. The number of benzene rings is 3. The van der Waals surface area contributed by atoms with E-state index in [-0.39, 0.29) is 17.9 Å². The van der Waals surface area contributed by atoms with E-state index >= 15 is 0 Å². The summed E-state index contributed by atoms with van der Waals surface area (Å²) in [6, 6.07) is 23.2. The summed E-state index contributed by atoms with van der Waals surface area (Å²) in [7, 11) is 0. The highest BCUT2D eigenvalue weighted by atomic mass is 35.5. The fraction of sp³-hybridized carbons (Fsp3) is 0.0385. The van der Waals surface area contributed by atoms with Gasteiger partial charge in [0.15, 0.2) is 5.43 Å². The standard InChI is InChI=1S/C26H17Cl2N3O3/c27-20-11-9-16(13-21(20)28)24-12-10-17(34-24)14-29-30-25(32)15-31-22-7-3-1-5-18(22)26(33)19-6-2-4-8-23(19)31/h1-14H,15H2,(H,30,32)/b29-14+. The van der Waals surface area contributed by atoms with Gasteiger partial charge in [0.2, 0.25) is 0 Å². The van der Waals surface area contributed by atoms with Crippen molar-refractivity contribution >= 4 is 57.1 Å². The Labute approximate surface area is 204 Å². The van der Waals surface area contributed by atoms with Crippen LogP contribution in [0.1, 0.15) is 5.76 Å². The predicted octanol–water partition coefficient (Wildman–Crippen LogP) is 5.87. The number of furan rings is 1. The van der Waals surface area contributed by atoms with E-state index in [2.05, 4.69) is 10.5 Å². The molecule has 0 spiro atoms. The van der Waals surface area contributed by atoms with Gasteiger partial charge in [0.25, 0.3) is 5.91 Å². The molecule has 1 amide bonds. The van der Waals surface area contributed by atoms with Gasteiger partial charge in [0, 0.05) is 16.3 Å². The quantitative estimate of drug-likeness (QED) is 0.190. The number of amides is 1. The number of hydrogen-bond acceptors (Lipinski definition) is 4. The number of carbonyl (C=O) groups is 1. The first-order chi connectivity index (χ1) is 16.5. The molecule has 8 heteroatoms. The largest absolute Gasteiger partial charge is 0.455 e. The second kappa shape index (κ2) is 9.17. The number of rotatable bonds is 5. The molecule has 0 aliphatic carbocycles. The Morgan fingerprint density at radius 1 is 0.912 bits per heavy atom. The van der Waals surface area contributed by atoms with Crippen LogP contribution >= 0.6 is 23.2 Å². The molecule has 3 aromatic carbocycles. The number of hydrazone groups is 1. The Kier molecular flexibility index (Phi) is 5.92. The first kappa shape index (κ1) is 21.9. The van der Waals surface area contributed by atoms with Crippen molar-refractivity contribution in [3.8, 4) is 11.3 Å². The van der Waals surface area contributed by atoms with Gasteiger partial charge in [-0.1, -0.05) is 47.5 Å². The van der Waals surface area contributed by atoms with Crippen molar-refractivity contribution in [3.63, 3.8) is 0 Å². The molecule has 6 nitrogen and oxygen atoms in total. The summed E-state index contributed by atoms with van der Waals surface area (Å²) in [6.07, 6.45) is 1.42. The van der Waals surface area contributed by atoms with Gasteiger partial charge < -0.3 is 8.98 Å². The summed E-state index contributed by atoms with van der Waals surface area (Å²) in [5.41, 5.74) is 4.60. The van der Waals surface area contributed by atoms with Crippen LogP contribution in [0.15, 0.2) is 93.2 Å². The second-order valence-electron chi connectivity index (χ2n) is 7.57. The zero-order valence-electron chi connectivity index (χ0n) is 17.7. The van der Waals surface area contributed by atoms with E-state index < -0.39 is 0 Å². The fourth-order valence-electron chi connectivity index (χ4n) is 3.82. The number of aromatic nitrogens is 1. The molecule has 0 aliphatic rings. The Bertz CT molecular complexity index is 1580. The molecule has 0 unspecified atom stereocenters. The highest BCUT2D eigenvalue weighted by Crippen LogP contribution is 2.29. The molecule has 168 valence electrons. The van der Waals surface area contributed by atoms with Gasteiger partial charge in [-0.25, -0.2) is 5.43 Å². The lowest BCUT2D eigenvalue weighted by Gasteiger charge is -2.14. The van der Waals surface area contributed by atoms with E-state index in [0.29, 0.717) is 43.4 Å². The predicted molar refractivity (Wildman–Crippen MR) is 136 cm³/mol. The molecule has 2 aromatic heterocycles. The van der Waals surface area contributed by atoms with Crippen molar-refractivity contribution < 1.29 is 9.21 Å². The molecule has 0 saturated heterocycles. The Morgan fingerprint density at radius 3 is 2.26 bits per heavy atom. The van der Waals surface area contributed by atoms with Gasteiger partial charge in [-0.05, 0) is 54.6 Å². The minimum atomic E-state index is -0.341. The third-order valence-electron chi connectivity index (χ3n) is 5.39. The number of fused-ring (bicyclic) bond motifs is 2. The number of pyridine rings is 1. The fourth-order valence-corrected chi connectivity index (χ4v) is 4.12. The Morgan fingerprint density at radius 2 is 1.59 bits per heavy atom. The molecule has 1 N–H and O–H groups in total. The number of hydrogen-bond donors (Lipinski definition) is 1. The van der Waals surface area contributed by atoms with Gasteiger partial charge in [0.1, 0.15) is 18.1 Å². The third-order valence-corrected chi connectivity index (χ3v) is 6.13. The smallest absolute Gasteiger partial charge is 0.260 e. The number of para-hydroxylation sites is 2. The molecule has 5 aromatic rings. The summed E-state index contributed by atoms with van der Waals surface area (Å²) < 4.78 is 7.56. The van der Waals surface area contributed by atoms with Gasteiger partial charge in [-0.15, -0.1) is 0 Å². The van der Waals surface area contributed by atoms with Crippen LogP contribution in [0.25, 0.3) is 33.1 Å². The summed E-state index contributed by atoms with van der Waals surface area (Å²) in [4.78, 5) is 25.5. The lowest BCUT2D eigenvalue weighted by molar-refractivity contribution is -0.121. The van der Waals surface area contributed by atoms with E-state index in [1.54, 1.807) is 42.5 Å². The summed E-state index contributed by atoms with van der Waals surface area (Å²) in [5.74, 6) is 0.713. The molecule has 2 heterocycles. The lowest BCUT2D eigenvalue weighted by Crippen LogP contribution is -2.25. The molecule has 0 aliphatic heterocycles. The first-order valence-electron chi connectivity index (χ1n) is 10.4. The minimum Gasteiger partial charge on any atom is -0.455 e. The van der Waals surface area contributed by atoms with Crippen molar-refractivity contribution in [1.29, 1.82) is 0 Å². The van der Waals surface area contributed by atoms with E-state index in [9.17, 15) is 9.59 Å². The summed E-state index contributed by atoms with van der Waals surface area (Å²) in [5, 5.41) is 6.02. The molecular weight excluding hydrogens is 473 g/mol. The van der Waals surface area contributed by atoms with Gasteiger partial charge in [0.05, 0.1) is 27.3 Å². The number of nitrogens with one attached hydrogen (secondary N) is 1. The van der Waals surface area contributed by atoms with Crippen molar-refractivity contribution in [3.05, 3.63) is 105 Å². The summed E-state index contributed by atoms with van der Waals surface area (Å²) >= 11 is 12.0. The molecular formula is C26H17Cl2N3O3. The molecule has 34 heavy (non-hydrogen) atoms. The van der Waals surface area contributed by atoms with Crippen LogP contribution in [0.3, 0.4) is 0 Å². The van der Waals surface area contributed by atoms with E-state index in [4.69, 9.17) is 27.6 Å². The van der Waals surface area contributed by atoms with E-state index in [0.717, 1.165) is 5.56 Å². The van der Waals surface area contributed by atoms with Crippen LogP contribution < -0.4 is 10.9 Å². The van der Waals surface area contributed by atoms with Crippen LogP contribution in [0.2, 0.25) is 10.0 Å². The highest BCUT2D eigenvalue weighted by molar-refractivity contribution is 6.42. The number of carbonyl (C=O) groups excluding carboxylic acids is 1. The molecule has 5 rings (SSSR count). The Balaban J connectivity index is 1.35. The molecule has 0 radical (unpaired) electrons. The molecule has 0 atom stereocenters. The number of nitrogens with zero attached hydrogens (tertiary/aromatic N) is 2. The SMILES string of the molecule is O=C(Cn1c2ccccc2c(=O)c2ccccc21)N/N=C/c1ccc(-c2ccc(Cl)c(Cl)c2)o1. The van der Waals surface area contributed by atoms with Crippen LogP contribution in [0.4, 0.5) is 0 Å². The first-order valence-corrected chi connectivity index (χ1v) is 11.1. The maximum atomic E-state index is 12.8. The molecule has 0 fully saturated rings. The van der Waals surface area contributed by atoms with Gasteiger partial charge >= 0.3 is 0 Å². The lowest BCUT2D eigenvalue weighted by atomic mass is 10.1. The van der Waals surface area contributed by atoms with Crippen LogP contribution in [0.5, 0.6) is 0 Å². The van der Waals surface area contributed by atoms with Crippen molar-refractivity contribution in [1.82, 2.24) is 9.99 Å². The van der Waals surface area contributed by atoms with E-state index in [1.165, 1.54) is 6.21 Å². The highest BCUT2D eigenvalue weighted by Gasteiger charge is 2.12. The van der Waals surface area contributed by atoms with Crippen molar-refractivity contribution in [2.45, 2.75) is 6.54 Å². The van der Waals surface area contributed by atoms with Crippen molar-refractivity contribution in [2.75, 3.05) is 0 Å². The maximum absolute atomic E-state index is 12.8.